The van der Waals surface area contributed by atoms with Crippen LogP contribution in [0.1, 0.15) is 0 Å². The summed E-state index contributed by atoms with van der Waals surface area (Å²) in [5, 5.41) is 8.83. The number of rotatable bonds is 3. The highest BCUT2D eigenvalue weighted by Gasteiger charge is 2.22. The Hall–Kier alpha value is -0.440. The molecule has 0 N–H and O–H groups in total. The van der Waals surface area contributed by atoms with Crippen molar-refractivity contribution < 1.29 is 8.95 Å². The summed E-state index contributed by atoms with van der Waals surface area (Å²) in [6.07, 6.45) is 0. The van der Waals surface area contributed by atoms with E-state index in [4.69, 9.17) is 10.00 Å². The van der Waals surface area contributed by atoms with E-state index in [-0.39, 0.29) is 6.04 Å². The average Bonchev–Trinajstić information content (AvgIpc) is 2.16. The molecule has 1 aliphatic heterocycles. The van der Waals surface area contributed by atoms with Gasteiger partial charge in [-0.1, -0.05) is 0 Å². The number of hydrogen-bond acceptors (Lipinski definition) is 4. The molecule has 5 heteroatoms. The molecule has 1 heterocycles. The van der Waals surface area contributed by atoms with Gasteiger partial charge in [0.2, 0.25) is 0 Å². The maximum Gasteiger partial charge on any atom is 0.121 e. The van der Waals surface area contributed by atoms with Crippen LogP contribution in [-0.2, 0) is 15.5 Å². The van der Waals surface area contributed by atoms with Crippen molar-refractivity contribution in [1.29, 1.82) is 5.26 Å². The van der Waals surface area contributed by atoms with E-state index in [2.05, 4.69) is 6.07 Å². The number of hydrogen-bond donors (Lipinski definition) is 0. The van der Waals surface area contributed by atoms with Crippen LogP contribution in [0.15, 0.2) is 0 Å². The number of methoxy groups -OCH3 is 1. The van der Waals surface area contributed by atoms with Crippen LogP contribution >= 0.6 is 0 Å². The first kappa shape index (κ1) is 10.6. The van der Waals surface area contributed by atoms with Crippen molar-refractivity contribution in [1.82, 2.24) is 4.90 Å². The molecule has 0 aromatic heterocycles. The fourth-order valence-electron chi connectivity index (χ4n) is 1.35. The molecule has 0 bridgehead atoms. The average molecular weight is 202 g/mol. The van der Waals surface area contributed by atoms with Gasteiger partial charge in [0, 0.05) is 42.5 Å². The summed E-state index contributed by atoms with van der Waals surface area (Å²) in [7, 11) is 0.914. The lowest BCUT2D eigenvalue weighted by atomic mass is 10.3. The Morgan fingerprint density at radius 3 is 2.69 bits per heavy atom. The number of nitriles is 1. The quantitative estimate of drug-likeness (QED) is 0.624. The molecule has 0 aromatic carbocycles. The SMILES string of the molecule is COCC(C#N)N1CCS(=O)CC1. The summed E-state index contributed by atoms with van der Waals surface area (Å²) in [6, 6.07) is 2.01. The lowest BCUT2D eigenvalue weighted by Crippen LogP contribution is -2.45. The molecule has 1 unspecified atom stereocenters. The van der Waals surface area contributed by atoms with Gasteiger partial charge in [0.1, 0.15) is 6.04 Å². The molecule has 1 rings (SSSR count). The van der Waals surface area contributed by atoms with Gasteiger partial charge in [0.05, 0.1) is 12.7 Å². The summed E-state index contributed by atoms with van der Waals surface area (Å²) in [6.45, 7) is 1.92. The summed E-state index contributed by atoms with van der Waals surface area (Å²) >= 11 is 0. The molecule has 1 fully saturated rings. The molecular weight excluding hydrogens is 188 g/mol. The molecule has 13 heavy (non-hydrogen) atoms. The normalized spacial score (nSPS) is 22.5. The topological polar surface area (TPSA) is 53.3 Å². The van der Waals surface area contributed by atoms with E-state index in [9.17, 15) is 4.21 Å². The minimum atomic E-state index is -0.675. The highest BCUT2D eigenvalue weighted by atomic mass is 32.2. The zero-order chi connectivity index (χ0) is 9.68. The van der Waals surface area contributed by atoms with Crippen LogP contribution in [0.25, 0.3) is 0 Å². The van der Waals surface area contributed by atoms with E-state index < -0.39 is 10.8 Å². The summed E-state index contributed by atoms with van der Waals surface area (Å²) in [5.74, 6) is 1.36. The minimum Gasteiger partial charge on any atom is -0.382 e. The van der Waals surface area contributed by atoms with Crippen molar-refractivity contribution in [3.8, 4) is 6.07 Å². The molecule has 0 saturated carbocycles. The van der Waals surface area contributed by atoms with Crippen molar-refractivity contribution in [2.75, 3.05) is 38.3 Å². The van der Waals surface area contributed by atoms with E-state index in [0.29, 0.717) is 18.1 Å². The van der Waals surface area contributed by atoms with Crippen molar-refractivity contribution in [2.24, 2.45) is 0 Å². The Labute approximate surface area is 80.9 Å². The van der Waals surface area contributed by atoms with Gasteiger partial charge in [0.15, 0.2) is 0 Å². The van der Waals surface area contributed by atoms with Crippen LogP contribution in [0, 0.1) is 11.3 Å². The molecule has 1 atom stereocenters. The summed E-state index contributed by atoms with van der Waals surface area (Å²) < 4.78 is 16.0. The molecule has 4 nitrogen and oxygen atoms in total. The van der Waals surface area contributed by atoms with E-state index in [0.717, 1.165) is 13.1 Å². The van der Waals surface area contributed by atoms with Crippen molar-refractivity contribution in [2.45, 2.75) is 6.04 Å². The van der Waals surface area contributed by atoms with E-state index in [1.807, 2.05) is 4.90 Å². The van der Waals surface area contributed by atoms with E-state index in [1.54, 1.807) is 7.11 Å². The van der Waals surface area contributed by atoms with E-state index in [1.165, 1.54) is 0 Å². The minimum absolute atomic E-state index is 0.178. The molecule has 0 aromatic rings. The summed E-state index contributed by atoms with van der Waals surface area (Å²) in [5.41, 5.74) is 0. The highest BCUT2D eigenvalue weighted by Crippen LogP contribution is 2.05. The maximum absolute atomic E-state index is 11.0. The first-order valence-electron chi connectivity index (χ1n) is 4.25. The molecular formula is C8H14N2O2S. The van der Waals surface area contributed by atoms with Gasteiger partial charge in [-0.15, -0.1) is 0 Å². The molecule has 0 radical (unpaired) electrons. The van der Waals surface area contributed by atoms with Crippen LogP contribution < -0.4 is 0 Å². The van der Waals surface area contributed by atoms with Crippen LogP contribution in [-0.4, -0.2) is 53.5 Å². The predicted molar refractivity (Wildman–Crippen MR) is 50.7 cm³/mol. The monoisotopic (exact) mass is 202 g/mol. The van der Waals surface area contributed by atoms with Gasteiger partial charge >= 0.3 is 0 Å². The molecule has 74 valence electrons. The van der Waals surface area contributed by atoms with Gasteiger partial charge in [-0.3, -0.25) is 9.11 Å². The lowest BCUT2D eigenvalue weighted by Gasteiger charge is -2.29. The molecule has 0 amide bonds. The third kappa shape index (κ3) is 3.07. The van der Waals surface area contributed by atoms with Gasteiger partial charge in [0.25, 0.3) is 0 Å². The third-order valence-electron chi connectivity index (χ3n) is 2.13. The van der Waals surface area contributed by atoms with Gasteiger partial charge in [-0.25, -0.2) is 0 Å². The standard InChI is InChI=1S/C8H14N2O2S/c1-12-7-8(6-9)10-2-4-13(11)5-3-10/h8H,2-5,7H2,1H3. The molecule has 1 aliphatic rings. The number of ether oxygens (including phenoxy) is 1. The third-order valence-corrected chi connectivity index (χ3v) is 3.40. The van der Waals surface area contributed by atoms with Crippen LogP contribution in [0.3, 0.4) is 0 Å². The Morgan fingerprint density at radius 1 is 1.62 bits per heavy atom. The molecule has 0 aliphatic carbocycles. The van der Waals surface area contributed by atoms with Gasteiger partial charge in [-0.2, -0.15) is 5.26 Å². The van der Waals surface area contributed by atoms with Gasteiger partial charge in [-0.05, 0) is 0 Å². The van der Waals surface area contributed by atoms with Crippen molar-refractivity contribution in [3.63, 3.8) is 0 Å². The Bertz CT molecular complexity index is 217. The fraction of sp³-hybridized carbons (Fsp3) is 0.875. The fourth-order valence-corrected chi connectivity index (χ4v) is 2.43. The number of nitrogens with zero attached hydrogens (tertiary/aromatic N) is 2. The smallest absolute Gasteiger partial charge is 0.121 e. The van der Waals surface area contributed by atoms with E-state index >= 15 is 0 Å². The zero-order valence-electron chi connectivity index (χ0n) is 7.73. The first-order chi connectivity index (χ1) is 6.27. The van der Waals surface area contributed by atoms with Crippen LogP contribution in [0.4, 0.5) is 0 Å². The maximum atomic E-state index is 11.0. The lowest BCUT2D eigenvalue weighted by molar-refractivity contribution is 0.123. The zero-order valence-corrected chi connectivity index (χ0v) is 8.55. The Balaban J connectivity index is 2.42. The van der Waals surface area contributed by atoms with Gasteiger partial charge < -0.3 is 4.74 Å². The first-order valence-corrected chi connectivity index (χ1v) is 5.74. The largest absolute Gasteiger partial charge is 0.382 e. The predicted octanol–water partition coefficient (Wildman–Crippen LogP) is -0.411. The molecule has 0 spiro atoms. The molecule has 1 saturated heterocycles. The second-order valence-corrected chi connectivity index (χ2v) is 4.68. The van der Waals surface area contributed by atoms with Crippen LogP contribution in [0.2, 0.25) is 0 Å². The second-order valence-electron chi connectivity index (χ2n) is 2.98. The Morgan fingerprint density at radius 2 is 2.23 bits per heavy atom. The highest BCUT2D eigenvalue weighted by molar-refractivity contribution is 7.85. The second kappa shape index (κ2) is 5.32. The Kier molecular flexibility index (Phi) is 4.36. The summed E-state index contributed by atoms with van der Waals surface area (Å²) in [4.78, 5) is 2.03. The van der Waals surface area contributed by atoms with Crippen molar-refractivity contribution in [3.05, 3.63) is 0 Å². The van der Waals surface area contributed by atoms with Crippen LogP contribution in [0.5, 0.6) is 0 Å². The van der Waals surface area contributed by atoms with Crippen molar-refractivity contribution >= 4 is 10.8 Å².